The normalized spacial score (nSPS) is 11.6. The molecule has 5 aromatic carbocycles. The maximum Gasteiger partial charge on any atom is 0.432 e. The summed E-state index contributed by atoms with van der Waals surface area (Å²) in [6, 6.07) is 17.8. The van der Waals surface area contributed by atoms with Gasteiger partial charge < -0.3 is 4.74 Å². The second kappa shape index (κ2) is 13.8. The predicted molar refractivity (Wildman–Crippen MR) is 161 cm³/mol. The molecule has 0 unspecified atom stereocenters. The highest BCUT2D eigenvalue weighted by molar-refractivity contribution is 5.71. The average Bonchev–Trinajstić information content (AvgIpc) is 3.00. The molecule has 0 heterocycles. The summed E-state index contributed by atoms with van der Waals surface area (Å²) >= 11 is 0. The fraction of sp³-hybridized carbons (Fsp3) is 0.189. The Kier molecular flexibility index (Phi) is 9.79. The van der Waals surface area contributed by atoms with Crippen LogP contribution >= 0.6 is 0 Å². The molecule has 5 rings (SSSR count). The van der Waals surface area contributed by atoms with Gasteiger partial charge in [0, 0.05) is 17.2 Å². The topological polar surface area (TPSA) is 9.23 Å². The highest BCUT2D eigenvalue weighted by Crippen LogP contribution is 2.39. The molecule has 0 aliphatic rings. The van der Waals surface area contributed by atoms with Crippen LogP contribution in [-0.2, 0) is 12.5 Å². The van der Waals surface area contributed by atoms with Gasteiger partial charge in [-0.3, -0.25) is 0 Å². The van der Waals surface area contributed by atoms with E-state index in [-0.39, 0.29) is 22.3 Å². The summed E-state index contributed by atoms with van der Waals surface area (Å²) in [6.07, 6.45) is 0.887. The first-order chi connectivity index (χ1) is 22.0. The van der Waals surface area contributed by atoms with Gasteiger partial charge in [0.05, 0.1) is 0 Å². The Morgan fingerprint density at radius 3 is 1.70 bits per heavy atom. The zero-order valence-electron chi connectivity index (χ0n) is 24.6. The number of rotatable bonds is 11. The Morgan fingerprint density at radius 2 is 1.07 bits per heavy atom. The fourth-order valence-corrected chi connectivity index (χ4v) is 5.21. The molecule has 0 aliphatic heterocycles. The molecule has 0 fully saturated rings. The number of hydrogen-bond acceptors (Lipinski definition) is 1. The van der Waals surface area contributed by atoms with Crippen LogP contribution in [0.1, 0.15) is 43.7 Å². The van der Waals surface area contributed by atoms with E-state index in [1.54, 1.807) is 6.07 Å². The maximum atomic E-state index is 15.2. The van der Waals surface area contributed by atoms with Gasteiger partial charge in [0.2, 0.25) is 0 Å². The quantitative estimate of drug-likeness (QED) is 0.103. The highest BCUT2D eigenvalue weighted by Gasteiger charge is 2.41. The molecule has 9 heteroatoms. The van der Waals surface area contributed by atoms with Gasteiger partial charge in [-0.05, 0) is 83.1 Å². The molecule has 5 aromatic rings. The summed E-state index contributed by atoms with van der Waals surface area (Å²) in [5.41, 5.74) is -0.183. The van der Waals surface area contributed by atoms with Crippen LogP contribution in [0.25, 0.3) is 33.4 Å². The lowest BCUT2D eigenvalue weighted by atomic mass is 9.97. The van der Waals surface area contributed by atoms with Gasteiger partial charge in [-0.15, -0.1) is 0 Å². The van der Waals surface area contributed by atoms with E-state index < -0.39 is 52.3 Å². The Morgan fingerprint density at radius 1 is 0.500 bits per heavy atom. The van der Waals surface area contributed by atoms with Gasteiger partial charge in [0.1, 0.15) is 34.6 Å². The van der Waals surface area contributed by atoms with E-state index >= 15 is 22.0 Å². The average molecular weight is 641 g/mol. The van der Waals surface area contributed by atoms with Gasteiger partial charge in [-0.25, -0.2) is 26.3 Å². The van der Waals surface area contributed by atoms with Crippen molar-refractivity contribution in [1.29, 1.82) is 0 Å². The van der Waals surface area contributed by atoms with Gasteiger partial charge in [0.15, 0.2) is 11.6 Å². The summed E-state index contributed by atoms with van der Waals surface area (Å²) in [5.74, 6) is -8.56. The van der Waals surface area contributed by atoms with Crippen molar-refractivity contribution in [2.75, 3.05) is 0 Å². The second-order valence-corrected chi connectivity index (χ2v) is 10.9. The molecule has 0 atom stereocenters. The number of hydrogen-bond donors (Lipinski definition) is 0. The van der Waals surface area contributed by atoms with Crippen LogP contribution in [-0.4, -0.2) is 0 Å². The standard InChI is InChI=1S/C37H28F8O/c1-2-3-4-5-6-22-7-9-23(10-8-22)24-11-14-29(31(39)17-24)26-19-34(42)36(35(43)20-26)37(44,45)46-27-13-15-28(32(40)21-27)25-12-16-30(38)33(41)18-25/h7-21H,2-6H2,1H3. The largest absolute Gasteiger partial charge is 0.432 e. The number of alkyl halides is 2. The number of aryl methyl sites for hydroxylation is 1. The van der Waals surface area contributed by atoms with Crippen LogP contribution in [0.2, 0.25) is 0 Å². The van der Waals surface area contributed by atoms with E-state index in [1.165, 1.54) is 18.6 Å². The van der Waals surface area contributed by atoms with Crippen molar-refractivity contribution < 1.29 is 39.9 Å². The number of halogens is 8. The van der Waals surface area contributed by atoms with Crippen molar-refractivity contribution in [3.8, 4) is 39.1 Å². The molecule has 0 amide bonds. The lowest BCUT2D eigenvalue weighted by Crippen LogP contribution is -2.25. The summed E-state index contributed by atoms with van der Waals surface area (Å²) in [4.78, 5) is 0. The number of unbranched alkanes of at least 4 members (excludes halogenated alkanes) is 3. The van der Waals surface area contributed by atoms with Crippen LogP contribution in [0, 0.1) is 34.9 Å². The second-order valence-electron chi connectivity index (χ2n) is 10.9. The van der Waals surface area contributed by atoms with Gasteiger partial charge in [-0.1, -0.05) is 68.7 Å². The van der Waals surface area contributed by atoms with Crippen molar-refractivity contribution in [2.45, 2.75) is 45.1 Å². The van der Waals surface area contributed by atoms with Gasteiger partial charge in [-0.2, -0.15) is 8.78 Å². The lowest BCUT2D eigenvalue weighted by molar-refractivity contribution is -0.189. The molecule has 0 saturated heterocycles. The molecule has 0 bridgehead atoms. The first kappa shape index (κ1) is 32.7. The number of ether oxygens (including phenoxy) is 1. The van der Waals surface area contributed by atoms with Crippen LogP contribution in [0.5, 0.6) is 5.75 Å². The Bertz CT molecular complexity index is 1830. The van der Waals surface area contributed by atoms with Crippen molar-refractivity contribution in [2.24, 2.45) is 0 Å². The molecule has 46 heavy (non-hydrogen) atoms. The molecule has 0 spiro atoms. The molecule has 0 aliphatic carbocycles. The predicted octanol–water partition coefficient (Wildman–Crippen LogP) is 11.8. The monoisotopic (exact) mass is 640 g/mol. The summed E-state index contributed by atoms with van der Waals surface area (Å²) in [5, 5.41) is 0. The minimum atomic E-state index is -4.60. The lowest BCUT2D eigenvalue weighted by Gasteiger charge is -2.20. The van der Waals surface area contributed by atoms with Crippen molar-refractivity contribution >= 4 is 0 Å². The summed E-state index contributed by atoms with van der Waals surface area (Å²) in [7, 11) is 0. The van der Waals surface area contributed by atoms with Crippen LogP contribution in [0.3, 0.4) is 0 Å². The zero-order valence-corrected chi connectivity index (χ0v) is 24.6. The highest BCUT2D eigenvalue weighted by atomic mass is 19.3. The third-order valence-electron chi connectivity index (χ3n) is 7.64. The van der Waals surface area contributed by atoms with Crippen LogP contribution in [0.4, 0.5) is 35.1 Å². The third-order valence-corrected chi connectivity index (χ3v) is 7.64. The minimum Gasteiger partial charge on any atom is -0.429 e. The molecule has 238 valence electrons. The smallest absolute Gasteiger partial charge is 0.429 e. The zero-order chi connectivity index (χ0) is 33.0. The summed E-state index contributed by atoms with van der Waals surface area (Å²) < 4.78 is 121. The molecule has 0 aromatic heterocycles. The molecule has 0 N–H and O–H groups in total. The van der Waals surface area contributed by atoms with E-state index in [9.17, 15) is 13.2 Å². The molecule has 1 nitrogen and oxygen atoms in total. The van der Waals surface area contributed by atoms with E-state index in [0.717, 1.165) is 67.1 Å². The fourth-order valence-electron chi connectivity index (χ4n) is 5.21. The molecular formula is C37H28F8O. The summed E-state index contributed by atoms with van der Waals surface area (Å²) in [6.45, 7) is 2.15. The molecular weight excluding hydrogens is 612 g/mol. The first-order valence-corrected chi connectivity index (χ1v) is 14.7. The first-order valence-electron chi connectivity index (χ1n) is 14.7. The van der Waals surface area contributed by atoms with Crippen molar-refractivity contribution in [3.05, 3.63) is 137 Å². The number of benzene rings is 5. The Labute approximate surface area is 261 Å². The van der Waals surface area contributed by atoms with Crippen LogP contribution in [0.15, 0.2) is 91.0 Å². The Balaban J connectivity index is 1.34. The van der Waals surface area contributed by atoms with Crippen molar-refractivity contribution in [1.82, 2.24) is 0 Å². The molecule has 0 saturated carbocycles. The Hall–Kier alpha value is -4.66. The maximum absolute atomic E-state index is 15.2. The van der Waals surface area contributed by atoms with Crippen molar-refractivity contribution in [3.63, 3.8) is 0 Å². The van der Waals surface area contributed by atoms with Gasteiger partial charge >= 0.3 is 6.11 Å². The molecule has 0 radical (unpaired) electrons. The van der Waals surface area contributed by atoms with E-state index in [1.807, 2.05) is 24.3 Å². The van der Waals surface area contributed by atoms with E-state index in [4.69, 9.17) is 0 Å². The van der Waals surface area contributed by atoms with E-state index in [0.29, 0.717) is 23.8 Å². The third kappa shape index (κ3) is 7.25. The minimum absolute atomic E-state index is 0.0753. The van der Waals surface area contributed by atoms with E-state index in [2.05, 4.69) is 11.7 Å². The van der Waals surface area contributed by atoms with Gasteiger partial charge in [0.25, 0.3) is 0 Å². The SMILES string of the molecule is CCCCCCc1ccc(-c2ccc(-c3cc(F)c(C(F)(F)Oc4ccc(-c5ccc(F)c(F)c5)c(F)c4)c(F)c3)c(F)c2)cc1. The van der Waals surface area contributed by atoms with Crippen LogP contribution < -0.4 is 4.74 Å².